The highest BCUT2D eigenvalue weighted by molar-refractivity contribution is 9.10. The number of aromatic nitrogens is 1. The summed E-state index contributed by atoms with van der Waals surface area (Å²) >= 11 is 3.20. The van der Waals surface area contributed by atoms with Crippen LogP contribution in [0.25, 0.3) is 0 Å². The Balaban J connectivity index is 2.33. The number of halogens is 1. The molecule has 96 valence electrons. The second kappa shape index (κ2) is 4.89. The van der Waals surface area contributed by atoms with Crippen molar-refractivity contribution >= 4 is 33.4 Å². The van der Waals surface area contributed by atoms with Crippen LogP contribution in [-0.2, 0) is 4.79 Å². The van der Waals surface area contributed by atoms with Crippen molar-refractivity contribution in [1.82, 2.24) is 4.98 Å². The first-order valence-corrected chi connectivity index (χ1v) is 6.09. The van der Waals surface area contributed by atoms with Crippen LogP contribution in [0.1, 0.15) is 12.8 Å². The molecule has 0 saturated carbocycles. The van der Waals surface area contributed by atoms with Crippen molar-refractivity contribution in [2.75, 3.05) is 11.4 Å². The van der Waals surface area contributed by atoms with Gasteiger partial charge in [0.05, 0.1) is 9.40 Å². The molecule has 0 unspecified atom stereocenters. The van der Waals surface area contributed by atoms with Crippen LogP contribution in [0.15, 0.2) is 16.7 Å². The van der Waals surface area contributed by atoms with Crippen molar-refractivity contribution in [3.05, 3.63) is 26.9 Å². The third-order valence-corrected chi connectivity index (χ3v) is 3.41. The summed E-state index contributed by atoms with van der Waals surface area (Å²) in [5.74, 6) is -0.468. The number of carbonyl (C=O) groups is 1. The molecule has 8 heteroatoms. The zero-order valence-corrected chi connectivity index (χ0v) is 10.8. The molecule has 1 saturated heterocycles. The number of hydrogen-bond acceptors (Lipinski definition) is 5. The number of nitrogens with zero attached hydrogens (tertiary/aromatic N) is 3. The number of rotatable bonds is 3. The SMILES string of the molecule is O=C(O)[C@@H]1CCCN1c1ncc([N+](=O)[O-])cc1Br. The number of nitro groups is 1. The van der Waals surface area contributed by atoms with E-state index >= 15 is 0 Å². The quantitative estimate of drug-likeness (QED) is 0.675. The third-order valence-electron chi connectivity index (χ3n) is 2.83. The Morgan fingerprint density at radius 3 is 2.94 bits per heavy atom. The Bertz CT molecular complexity index is 508. The first-order valence-electron chi connectivity index (χ1n) is 5.30. The van der Waals surface area contributed by atoms with E-state index < -0.39 is 16.9 Å². The molecule has 1 atom stereocenters. The van der Waals surface area contributed by atoms with E-state index in [4.69, 9.17) is 5.11 Å². The molecule has 2 rings (SSSR count). The average molecular weight is 316 g/mol. The van der Waals surface area contributed by atoms with Gasteiger partial charge in [0.1, 0.15) is 18.1 Å². The minimum Gasteiger partial charge on any atom is -0.480 e. The molecule has 1 aliphatic heterocycles. The fraction of sp³-hybridized carbons (Fsp3) is 0.400. The Hall–Kier alpha value is -1.70. The van der Waals surface area contributed by atoms with Gasteiger partial charge in [-0.15, -0.1) is 0 Å². The lowest BCUT2D eigenvalue weighted by atomic mass is 10.2. The van der Waals surface area contributed by atoms with Gasteiger partial charge in [0, 0.05) is 12.6 Å². The Morgan fingerprint density at radius 2 is 2.39 bits per heavy atom. The summed E-state index contributed by atoms with van der Waals surface area (Å²) in [6.45, 7) is 0.584. The molecule has 1 aromatic heterocycles. The first-order chi connectivity index (χ1) is 8.50. The number of carboxylic acids is 1. The largest absolute Gasteiger partial charge is 0.480 e. The smallest absolute Gasteiger partial charge is 0.326 e. The molecule has 7 nitrogen and oxygen atoms in total. The minimum atomic E-state index is -0.903. The van der Waals surface area contributed by atoms with Crippen LogP contribution < -0.4 is 4.90 Å². The van der Waals surface area contributed by atoms with Crippen molar-refractivity contribution in [2.45, 2.75) is 18.9 Å². The zero-order chi connectivity index (χ0) is 13.3. The fourth-order valence-corrected chi connectivity index (χ4v) is 2.57. The maximum absolute atomic E-state index is 11.1. The highest BCUT2D eigenvalue weighted by atomic mass is 79.9. The highest BCUT2D eigenvalue weighted by Crippen LogP contribution is 2.32. The molecule has 0 radical (unpaired) electrons. The molecule has 0 aliphatic carbocycles. The summed E-state index contributed by atoms with van der Waals surface area (Å²) in [4.78, 5) is 26.8. The van der Waals surface area contributed by atoms with Crippen molar-refractivity contribution in [3.63, 3.8) is 0 Å². The third kappa shape index (κ3) is 2.28. The monoisotopic (exact) mass is 315 g/mol. The van der Waals surface area contributed by atoms with Gasteiger partial charge in [-0.2, -0.15) is 0 Å². The van der Waals surface area contributed by atoms with E-state index in [2.05, 4.69) is 20.9 Å². The molecule has 1 fully saturated rings. The van der Waals surface area contributed by atoms with E-state index in [-0.39, 0.29) is 5.69 Å². The number of hydrogen-bond donors (Lipinski definition) is 1. The normalized spacial score (nSPS) is 18.9. The molecule has 1 N–H and O–H groups in total. The fourth-order valence-electron chi connectivity index (χ4n) is 2.01. The Morgan fingerprint density at radius 1 is 1.67 bits per heavy atom. The van der Waals surface area contributed by atoms with Gasteiger partial charge in [0.15, 0.2) is 0 Å². The molecular weight excluding hydrogens is 306 g/mol. The summed E-state index contributed by atoms with van der Waals surface area (Å²) in [6, 6.07) is 0.717. The summed E-state index contributed by atoms with van der Waals surface area (Å²) in [5.41, 5.74) is -0.128. The van der Waals surface area contributed by atoms with Crippen molar-refractivity contribution < 1.29 is 14.8 Å². The summed E-state index contributed by atoms with van der Waals surface area (Å²) in [5, 5.41) is 19.7. The van der Waals surface area contributed by atoms with E-state index in [1.54, 1.807) is 4.90 Å². The van der Waals surface area contributed by atoms with Crippen LogP contribution in [0.4, 0.5) is 11.5 Å². The number of aliphatic carboxylic acids is 1. The van der Waals surface area contributed by atoms with Crippen LogP contribution >= 0.6 is 15.9 Å². The molecular formula is C10H10BrN3O4. The molecule has 1 aliphatic rings. The second-order valence-electron chi connectivity index (χ2n) is 3.95. The van der Waals surface area contributed by atoms with Crippen LogP contribution in [0, 0.1) is 10.1 Å². The lowest BCUT2D eigenvalue weighted by Gasteiger charge is -2.23. The van der Waals surface area contributed by atoms with Gasteiger partial charge in [-0.3, -0.25) is 10.1 Å². The maximum atomic E-state index is 11.1. The second-order valence-corrected chi connectivity index (χ2v) is 4.80. The van der Waals surface area contributed by atoms with Gasteiger partial charge < -0.3 is 10.0 Å². The van der Waals surface area contributed by atoms with Crippen LogP contribution in [0.3, 0.4) is 0 Å². The Kier molecular flexibility index (Phi) is 3.46. The lowest BCUT2D eigenvalue weighted by molar-refractivity contribution is -0.385. The van der Waals surface area contributed by atoms with Crippen molar-refractivity contribution in [1.29, 1.82) is 0 Å². The standard InChI is InChI=1S/C10H10BrN3O4/c11-7-4-6(14(17)18)5-12-9(7)13-3-1-2-8(13)10(15)16/h4-5,8H,1-3H2,(H,15,16)/t8-/m0/s1. The van der Waals surface area contributed by atoms with E-state index in [0.29, 0.717) is 23.3 Å². The highest BCUT2D eigenvalue weighted by Gasteiger charge is 2.32. The maximum Gasteiger partial charge on any atom is 0.326 e. The van der Waals surface area contributed by atoms with Crippen molar-refractivity contribution in [2.24, 2.45) is 0 Å². The molecule has 2 heterocycles. The van der Waals surface area contributed by atoms with E-state index in [1.807, 2.05) is 0 Å². The first kappa shape index (κ1) is 12.7. The van der Waals surface area contributed by atoms with Gasteiger partial charge in [-0.1, -0.05) is 0 Å². The number of pyridine rings is 1. The summed E-state index contributed by atoms with van der Waals surface area (Å²) in [7, 11) is 0. The van der Waals surface area contributed by atoms with Crippen LogP contribution in [0.5, 0.6) is 0 Å². The van der Waals surface area contributed by atoms with Gasteiger partial charge in [0.25, 0.3) is 5.69 Å². The molecule has 0 bridgehead atoms. The Labute approximate surface area is 111 Å². The summed E-state index contributed by atoms with van der Waals surface area (Å²) in [6.07, 6.45) is 2.46. The van der Waals surface area contributed by atoms with Crippen LogP contribution in [-0.4, -0.2) is 33.6 Å². The molecule has 0 amide bonds. The number of anilines is 1. The molecule has 1 aromatic rings. The predicted octanol–water partition coefficient (Wildman–Crippen LogP) is 1.81. The minimum absolute atomic E-state index is 0.128. The van der Waals surface area contributed by atoms with Gasteiger partial charge in [-0.05, 0) is 28.8 Å². The van der Waals surface area contributed by atoms with E-state index in [9.17, 15) is 14.9 Å². The van der Waals surface area contributed by atoms with E-state index in [0.717, 1.165) is 12.6 Å². The van der Waals surface area contributed by atoms with Crippen molar-refractivity contribution in [3.8, 4) is 0 Å². The van der Waals surface area contributed by atoms with Gasteiger partial charge in [0.2, 0.25) is 0 Å². The summed E-state index contributed by atoms with van der Waals surface area (Å²) < 4.78 is 0.435. The van der Waals surface area contributed by atoms with Crippen LogP contribution in [0.2, 0.25) is 0 Å². The van der Waals surface area contributed by atoms with E-state index in [1.165, 1.54) is 6.07 Å². The number of carboxylic acid groups (broad SMARTS) is 1. The molecule has 0 spiro atoms. The zero-order valence-electron chi connectivity index (χ0n) is 9.24. The lowest BCUT2D eigenvalue weighted by Crippen LogP contribution is -2.36. The average Bonchev–Trinajstić information content (AvgIpc) is 2.77. The van der Waals surface area contributed by atoms with Gasteiger partial charge >= 0.3 is 5.97 Å². The molecule has 0 aromatic carbocycles. The predicted molar refractivity (Wildman–Crippen MR) is 66.6 cm³/mol. The topological polar surface area (TPSA) is 96.6 Å². The molecule has 18 heavy (non-hydrogen) atoms. The van der Waals surface area contributed by atoms with Gasteiger partial charge in [-0.25, -0.2) is 9.78 Å².